The standard InChI is InChI=1S/C21H24N4O3/c1-24(2)18(15-8-4-3-5-9-15)12-22-20(27)17-11-7-6-10-16(17)14-25-19(26)13-23-21(25)28/h3-11,18H,12-14H2,1-2H3,(H,22,27)(H,23,28)/t18-/m1/s1. The van der Waals surface area contributed by atoms with E-state index in [4.69, 9.17) is 0 Å². The van der Waals surface area contributed by atoms with Gasteiger partial charge in [-0.1, -0.05) is 48.5 Å². The molecule has 28 heavy (non-hydrogen) atoms. The number of benzene rings is 2. The van der Waals surface area contributed by atoms with Crippen molar-refractivity contribution in [1.29, 1.82) is 0 Å². The van der Waals surface area contributed by atoms with E-state index in [2.05, 4.69) is 15.5 Å². The fraction of sp³-hybridized carbons (Fsp3) is 0.286. The number of amides is 4. The number of rotatable bonds is 7. The lowest BCUT2D eigenvalue weighted by molar-refractivity contribution is -0.125. The molecule has 1 fully saturated rings. The molecule has 1 atom stereocenters. The molecule has 0 spiro atoms. The van der Waals surface area contributed by atoms with Crippen LogP contribution in [0.4, 0.5) is 4.79 Å². The summed E-state index contributed by atoms with van der Waals surface area (Å²) in [6.45, 7) is 0.506. The van der Waals surface area contributed by atoms with Crippen LogP contribution < -0.4 is 10.6 Å². The normalized spacial score (nSPS) is 14.9. The van der Waals surface area contributed by atoms with E-state index in [9.17, 15) is 14.4 Å². The van der Waals surface area contributed by atoms with Crippen LogP contribution in [-0.4, -0.2) is 54.8 Å². The molecular weight excluding hydrogens is 356 g/mol. The topological polar surface area (TPSA) is 81.8 Å². The van der Waals surface area contributed by atoms with Crippen LogP contribution in [-0.2, 0) is 11.3 Å². The van der Waals surface area contributed by atoms with Crippen LogP contribution in [0.3, 0.4) is 0 Å². The van der Waals surface area contributed by atoms with Crippen molar-refractivity contribution in [2.75, 3.05) is 27.2 Å². The van der Waals surface area contributed by atoms with Gasteiger partial charge in [0.15, 0.2) is 0 Å². The average Bonchev–Trinajstić information content (AvgIpc) is 3.01. The second-order valence-electron chi connectivity index (χ2n) is 6.90. The number of likely N-dealkylation sites (N-methyl/N-ethyl adjacent to an activating group) is 1. The van der Waals surface area contributed by atoms with Crippen molar-refractivity contribution in [3.63, 3.8) is 0 Å². The number of urea groups is 1. The smallest absolute Gasteiger partial charge is 0.324 e. The number of nitrogens with one attached hydrogen (secondary N) is 2. The number of carbonyl (C=O) groups excluding carboxylic acids is 3. The van der Waals surface area contributed by atoms with Crippen molar-refractivity contribution in [2.24, 2.45) is 0 Å². The summed E-state index contributed by atoms with van der Waals surface area (Å²) < 4.78 is 0. The van der Waals surface area contributed by atoms with Gasteiger partial charge in [-0.05, 0) is 31.3 Å². The molecule has 146 valence electrons. The Kier molecular flexibility index (Phi) is 6.06. The van der Waals surface area contributed by atoms with Gasteiger partial charge >= 0.3 is 6.03 Å². The molecule has 0 bridgehead atoms. The molecule has 2 aromatic rings. The molecule has 4 amide bonds. The summed E-state index contributed by atoms with van der Waals surface area (Å²) in [6, 6.07) is 16.6. The zero-order valence-corrected chi connectivity index (χ0v) is 16.0. The number of carbonyl (C=O) groups is 3. The zero-order valence-electron chi connectivity index (χ0n) is 16.0. The predicted octanol–water partition coefficient (Wildman–Crippen LogP) is 1.77. The van der Waals surface area contributed by atoms with E-state index in [0.717, 1.165) is 10.5 Å². The van der Waals surface area contributed by atoms with Gasteiger partial charge < -0.3 is 15.5 Å². The Hall–Kier alpha value is -3.19. The second-order valence-corrected chi connectivity index (χ2v) is 6.90. The first-order valence-electron chi connectivity index (χ1n) is 9.13. The summed E-state index contributed by atoms with van der Waals surface area (Å²) in [6.07, 6.45) is 0. The van der Waals surface area contributed by atoms with E-state index in [1.165, 1.54) is 0 Å². The lowest BCUT2D eigenvalue weighted by atomic mass is 10.0. The molecule has 1 aliphatic rings. The van der Waals surface area contributed by atoms with E-state index in [0.29, 0.717) is 17.7 Å². The Labute approximate surface area is 164 Å². The SMILES string of the molecule is CN(C)[C@H](CNC(=O)c1ccccc1CN1C(=O)CNC1=O)c1ccccc1. The first-order valence-corrected chi connectivity index (χ1v) is 9.13. The molecule has 1 aliphatic heterocycles. The molecule has 1 saturated heterocycles. The van der Waals surface area contributed by atoms with Crippen LogP contribution in [0.15, 0.2) is 54.6 Å². The third kappa shape index (κ3) is 4.37. The number of nitrogens with zero attached hydrogens (tertiary/aromatic N) is 2. The van der Waals surface area contributed by atoms with E-state index in [1.807, 2.05) is 44.4 Å². The Morgan fingerprint density at radius 1 is 1.11 bits per heavy atom. The highest BCUT2D eigenvalue weighted by atomic mass is 16.2. The van der Waals surface area contributed by atoms with E-state index < -0.39 is 6.03 Å². The van der Waals surface area contributed by atoms with Gasteiger partial charge in [0.2, 0.25) is 5.91 Å². The van der Waals surface area contributed by atoms with Gasteiger partial charge in [-0.25, -0.2) is 4.79 Å². The maximum atomic E-state index is 12.8. The van der Waals surface area contributed by atoms with Crippen molar-refractivity contribution in [1.82, 2.24) is 20.4 Å². The Morgan fingerprint density at radius 2 is 1.79 bits per heavy atom. The van der Waals surface area contributed by atoms with Crippen LogP contribution in [0, 0.1) is 0 Å². The highest BCUT2D eigenvalue weighted by Gasteiger charge is 2.29. The molecule has 2 aromatic carbocycles. The predicted molar refractivity (Wildman–Crippen MR) is 106 cm³/mol. The number of imide groups is 1. The van der Waals surface area contributed by atoms with Gasteiger partial charge in [-0.15, -0.1) is 0 Å². The lowest BCUT2D eigenvalue weighted by Gasteiger charge is -2.25. The van der Waals surface area contributed by atoms with Crippen LogP contribution in [0.1, 0.15) is 27.5 Å². The Bertz CT molecular complexity index is 851. The van der Waals surface area contributed by atoms with Gasteiger partial charge in [0.1, 0.15) is 0 Å². The zero-order chi connectivity index (χ0) is 20.1. The maximum absolute atomic E-state index is 12.8. The van der Waals surface area contributed by atoms with Crippen molar-refractivity contribution < 1.29 is 14.4 Å². The van der Waals surface area contributed by atoms with E-state index in [-0.39, 0.29) is 30.9 Å². The lowest BCUT2D eigenvalue weighted by Crippen LogP contribution is -2.36. The molecule has 7 nitrogen and oxygen atoms in total. The van der Waals surface area contributed by atoms with Crippen LogP contribution in [0.5, 0.6) is 0 Å². The number of hydrogen-bond donors (Lipinski definition) is 2. The highest BCUT2D eigenvalue weighted by Crippen LogP contribution is 2.18. The molecule has 0 unspecified atom stereocenters. The first-order chi connectivity index (χ1) is 13.5. The molecule has 0 aliphatic carbocycles. The van der Waals surface area contributed by atoms with Gasteiger partial charge in [0, 0.05) is 12.1 Å². The minimum Gasteiger partial charge on any atom is -0.350 e. The summed E-state index contributed by atoms with van der Waals surface area (Å²) in [5, 5.41) is 5.47. The fourth-order valence-electron chi connectivity index (χ4n) is 3.22. The average molecular weight is 380 g/mol. The monoisotopic (exact) mass is 380 g/mol. The minimum atomic E-state index is -0.433. The van der Waals surface area contributed by atoms with Crippen molar-refractivity contribution in [2.45, 2.75) is 12.6 Å². The third-order valence-corrected chi connectivity index (χ3v) is 4.79. The van der Waals surface area contributed by atoms with Crippen LogP contribution in [0.2, 0.25) is 0 Å². The molecular formula is C21H24N4O3. The summed E-state index contributed by atoms with van der Waals surface area (Å²) in [7, 11) is 3.94. The quantitative estimate of drug-likeness (QED) is 0.718. The van der Waals surface area contributed by atoms with Gasteiger partial charge in [-0.3, -0.25) is 14.5 Å². The van der Waals surface area contributed by atoms with Crippen LogP contribution in [0.25, 0.3) is 0 Å². The van der Waals surface area contributed by atoms with E-state index >= 15 is 0 Å². The second kappa shape index (κ2) is 8.67. The number of hydrogen-bond acceptors (Lipinski definition) is 4. The Balaban J connectivity index is 1.72. The van der Waals surface area contributed by atoms with Crippen molar-refractivity contribution >= 4 is 17.8 Å². The van der Waals surface area contributed by atoms with Crippen molar-refractivity contribution in [3.8, 4) is 0 Å². The summed E-state index contributed by atoms with van der Waals surface area (Å²) in [5.41, 5.74) is 2.20. The largest absolute Gasteiger partial charge is 0.350 e. The summed E-state index contributed by atoms with van der Waals surface area (Å²) >= 11 is 0. The van der Waals surface area contributed by atoms with E-state index in [1.54, 1.807) is 24.3 Å². The maximum Gasteiger partial charge on any atom is 0.324 e. The minimum absolute atomic E-state index is 0.00517. The third-order valence-electron chi connectivity index (χ3n) is 4.79. The highest BCUT2D eigenvalue weighted by molar-refractivity contribution is 6.02. The summed E-state index contributed by atoms with van der Waals surface area (Å²) in [5.74, 6) is -0.526. The van der Waals surface area contributed by atoms with Gasteiger partial charge in [-0.2, -0.15) is 0 Å². The van der Waals surface area contributed by atoms with Gasteiger partial charge in [0.25, 0.3) is 5.91 Å². The molecule has 2 N–H and O–H groups in total. The van der Waals surface area contributed by atoms with Gasteiger partial charge in [0.05, 0.1) is 19.1 Å². The first kappa shape index (κ1) is 19.6. The molecule has 3 rings (SSSR count). The molecule has 0 radical (unpaired) electrons. The molecule has 0 saturated carbocycles. The molecule has 1 heterocycles. The fourth-order valence-corrected chi connectivity index (χ4v) is 3.22. The summed E-state index contributed by atoms with van der Waals surface area (Å²) in [4.78, 5) is 39.7. The van der Waals surface area contributed by atoms with Crippen LogP contribution >= 0.6 is 0 Å². The Morgan fingerprint density at radius 3 is 2.43 bits per heavy atom. The van der Waals surface area contributed by atoms with Crippen molar-refractivity contribution in [3.05, 3.63) is 71.3 Å². The molecule has 7 heteroatoms. The molecule has 0 aromatic heterocycles.